The molecule has 2 saturated heterocycles. The van der Waals surface area contributed by atoms with Gasteiger partial charge in [0.1, 0.15) is 0 Å². The van der Waals surface area contributed by atoms with Gasteiger partial charge in [-0.25, -0.2) is 0 Å². The summed E-state index contributed by atoms with van der Waals surface area (Å²) >= 11 is 0. The monoisotopic (exact) mass is 346 g/mol. The third-order valence-corrected chi connectivity index (χ3v) is 5.19. The van der Waals surface area contributed by atoms with Crippen molar-refractivity contribution in [2.24, 2.45) is 5.41 Å². The molecule has 1 N–H and O–H groups in total. The molecule has 25 heavy (non-hydrogen) atoms. The summed E-state index contributed by atoms with van der Waals surface area (Å²) in [5, 5.41) is 3.41. The van der Waals surface area contributed by atoms with Crippen molar-refractivity contribution in [1.29, 1.82) is 0 Å². The molecule has 0 saturated carbocycles. The van der Waals surface area contributed by atoms with E-state index in [9.17, 15) is 4.79 Å². The van der Waals surface area contributed by atoms with Gasteiger partial charge in [0.2, 0.25) is 11.7 Å². The van der Waals surface area contributed by atoms with Crippen LogP contribution in [0.3, 0.4) is 0 Å². The van der Waals surface area contributed by atoms with Crippen LogP contribution in [0.15, 0.2) is 18.2 Å². The number of amides is 1. The second-order valence-corrected chi connectivity index (χ2v) is 6.73. The standard InChI is InChI=1S/C19H26N2O4/c1-23-15-10-14(11-16(24-2)18(15)25-3)4-5-17(22)21-9-7-19(13-21)6-8-20-12-19/h4-5,10-11,20H,6-9,12-13H2,1-3H3/b5-4+. The minimum atomic E-state index is 0.0533. The van der Waals surface area contributed by atoms with E-state index in [2.05, 4.69) is 5.32 Å². The predicted octanol–water partition coefficient (Wildman–Crippen LogP) is 1.94. The summed E-state index contributed by atoms with van der Waals surface area (Å²) in [6, 6.07) is 3.66. The lowest BCUT2D eigenvalue weighted by atomic mass is 9.87. The lowest BCUT2D eigenvalue weighted by Crippen LogP contribution is -2.32. The first-order valence-corrected chi connectivity index (χ1v) is 8.58. The molecule has 1 aromatic carbocycles. The molecule has 6 nitrogen and oxygen atoms in total. The summed E-state index contributed by atoms with van der Waals surface area (Å²) in [7, 11) is 4.73. The molecule has 3 rings (SSSR count). The van der Waals surface area contributed by atoms with E-state index >= 15 is 0 Å². The first kappa shape index (κ1) is 17.6. The smallest absolute Gasteiger partial charge is 0.246 e. The molecule has 0 aromatic heterocycles. The molecule has 2 fully saturated rings. The van der Waals surface area contributed by atoms with Crippen LogP contribution in [0.2, 0.25) is 0 Å². The Labute approximate surface area is 148 Å². The van der Waals surface area contributed by atoms with E-state index in [1.165, 1.54) is 0 Å². The Morgan fingerprint density at radius 2 is 1.88 bits per heavy atom. The van der Waals surface area contributed by atoms with Crippen molar-refractivity contribution in [3.8, 4) is 17.2 Å². The van der Waals surface area contributed by atoms with Crippen LogP contribution in [0.4, 0.5) is 0 Å². The van der Waals surface area contributed by atoms with E-state index in [-0.39, 0.29) is 11.3 Å². The Hall–Kier alpha value is -2.21. The van der Waals surface area contributed by atoms with E-state index in [1.807, 2.05) is 17.0 Å². The molecule has 0 bridgehead atoms. The minimum Gasteiger partial charge on any atom is -0.493 e. The fraction of sp³-hybridized carbons (Fsp3) is 0.526. The molecule has 1 amide bonds. The highest BCUT2D eigenvalue weighted by molar-refractivity contribution is 5.92. The maximum Gasteiger partial charge on any atom is 0.246 e. The Balaban J connectivity index is 1.72. The van der Waals surface area contributed by atoms with Gasteiger partial charge in [-0.1, -0.05) is 0 Å². The summed E-state index contributed by atoms with van der Waals surface area (Å²) in [5.74, 6) is 1.75. The Morgan fingerprint density at radius 1 is 1.16 bits per heavy atom. The van der Waals surface area contributed by atoms with Crippen LogP contribution in [-0.2, 0) is 4.79 Å². The lowest BCUT2D eigenvalue weighted by molar-refractivity contribution is -0.125. The Kier molecular flexibility index (Phi) is 5.18. The molecule has 136 valence electrons. The predicted molar refractivity (Wildman–Crippen MR) is 96.2 cm³/mol. The molecule has 2 aliphatic rings. The van der Waals surface area contributed by atoms with Gasteiger partial charge in [0.05, 0.1) is 21.3 Å². The minimum absolute atomic E-state index is 0.0533. The SMILES string of the molecule is COc1cc(/C=C/C(=O)N2CCC3(CCNC3)C2)cc(OC)c1OC. The Morgan fingerprint density at radius 3 is 2.44 bits per heavy atom. The summed E-state index contributed by atoms with van der Waals surface area (Å²) in [6.07, 6.45) is 5.67. The molecule has 1 unspecified atom stereocenters. The van der Waals surface area contributed by atoms with Crippen LogP contribution in [-0.4, -0.2) is 58.3 Å². The third-order valence-electron chi connectivity index (χ3n) is 5.19. The summed E-state index contributed by atoms with van der Waals surface area (Å²) in [4.78, 5) is 14.5. The zero-order valence-electron chi connectivity index (χ0n) is 15.1. The average molecular weight is 346 g/mol. The fourth-order valence-corrected chi connectivity index (χ4v) is 3.74. The summed E-state index contributed by atoms with van der Waals surface area (Å²) in [5.41, 5.74) is 1.12. The van der Waals surface area contributed by atoms with E-state index < -0.39 is 0 Å². The molecule has 1 aromatic rings. The zero-order valence-corrected chi connectivity index (χ0v) is 15.1. The van der Waals surface area contributed by atoms with Crippen LogP contribution in [0.1, 0.15) is 18.4 Å². The van der Waals surface area contributed by atoms with Crippen molar-refractivity contribution in [2.45, 2.75) is 12.8 Å². The maximum atomic E-state index is 12.5. The van der Waals surface area contributed by atoms with Gasteiger partial charge in [-0.3, -0.25) is 4.79 Å². The first-order valence-electron chi connectivity index (χ1n) is 8.58. The number of hydrogen-bond donors (Lipinski definition) is 1. The molecule has 0 radical (unpaired) electrons. The molecule has 0 aliphatic carbocycles. The largest absolute Gasteiger partial charge is 0.493 e. The Bertz CT molecular complexity index is 640. The number of rotatable bonds is 5. The first-order chi connectivity index (χ1) is 12.1. The summed E-state index contributed by atoms with van der Waals surface area (Å²) < 4.78 is 16.0. The van der Waals surface area contributed by atoms with E-state index in [1.54, 1.807) is 33.5 Å². The number of nitrogens with one attached hydrogen (secondary N) is 1. The van der Waals surface area contributed by atoms with Crippen molar-refractivity contribution >= 4 is 12.0 Å². The number of hydrogen-bond acceptors (Lipinski definition) is 5. The van der Waals surface area contributed by atoms with Gasteiger partial charge >= 0.3 is 0 Å². The number of carbonyl (C=O) groups is 1. The molecular formula is C19H26N2O4. The van der Waals surface area contributed by atoms with E-state index in [0.29, 0.717) is 17.2 Å². The van der Waals surface area contributed by atoms with E-state index in [0.717, 1.165) is 44.6 Å². The van der Waals surface area contributed by atoms with Crippen LogP contribution in [0.25, 0.3) is 6.08 Å². The normalized spacial score (nSPS) is 22.8. The van der Waals surface area contributed by atoms with E-state index in [4.69, 9.17) is 14.2 Å². The number of nitrogens with zero attached hydrogens (tertiary/aromatic N) is 1. The maximum absolute atomic E-state index is 12.5. The second kappa shape index (κ2) is 7.35. The van der Waals surface area contributed by atoms with Crippen LogP contribution >= 0.6 is 0 Å². The van der Waals surface area contributed by atoms with Gasteiger partial charge in [0.25, 0.3) is 0 Å². The zero-order chi connectivity index (χ0) is 17.9. The van der Waals surface area contributed by atoms with Gasteiger partial charge in [-0.15, -0.1) is 0 Å². The molecule has 1 atom stereocenters. The van der Waals surface area contributed by atoms with Crippen molar-refractivity contribution in [3.05, 3.63) is 23.8 Å². The third kappa shape index (κ3) is 3.58. The van der Waals surface area contributed by atoms with Gasteiger partial charge in [-0.05, 0) is 43.2 Å². The second-order valence-electron chi connectivity index (χ2n) is 6.73. The molecule has 6 heteroatoms. The topological polar surface area (TPSA) is 60.0 Å². The lowest BCUT2D eigenvalue weighted by Gasteiger charge is -2.22. The molecular weight excluding hydrogens is 320 g/mol. The van der Waals surface area contributed by atoms with Crippen molar-refractivity contribution < 1.29 is 19.0 Å². The van der Waals surface area contributed by atoms with Gasteiger partial charge < -0.3 is 24.4 Å². The van der Waals surface area contributed by atoms with Crippen molar-refractivity contribution in [3.63, 3.8) is 0 Å². The highest BCUT2D eigenvalue weighted by Crippen LogP contribution is 2.39. The van der Waals surface area contributed by atoms with Gasteiger partial charge in [0.15, 0.2) is 11.5 Å². The molecule has 2 heterocycles. The van der Waals surface area contributed by atoms with Crippen molar-refractivity contribution in [2.75, 3.05) is 47.5 Å². The van der Waals surface area contributed by atoms with Crippen molar-refractivity contribution in [1.82, 2.24) is 10.2 Å². The fourth-order valence-electron chi connectivity index (χ4n) is 3.74. The molecule has 1 spiro atoms. The number of carbonyl (C=O) groups excluding carboxylic acids is 1. The highest BCUT2D eigenvalue weighted by atomic mass is 16.5. The number of benzene rings is 1. The number of likely N-dealkylation sites (tertiary alicyclic amines) is 1. The number of methoxy groups -OCH3 is 3. The quantitative estimate of drug-likeness (QED) is 0.826. The van der Waals surface area contributed by atoms with Crippen LogP contribution in [0.5, 0.6) is 17.2 Å². The van der Waals surface area contributed by atoms with Crippen LogP contribution < -0.4 is 19.5 Å². The highest BCUT2D eigenvalue weighted by Gasteiger charge is 2.41. The molecule has 2 aliphatic heterocycles. The summed E-state index contributed by atoms with van der Waals surface area (Å²) in [6.45, 7) is 3.76. The number of ether oxygens (including phenoxy) is 3. The van der Waals surface area contributed by atoms with Gasteiger partial charge in [-0.2, -0.15) is 0 Å². The van der Waals surface area contributed by atoms with Gasteiger partial charge in [0, 0.05) is 31.1 Å². The average Bonchev–Trinajstić information content (AvgIpc) is 3.28. The van der Waals surface area contributed by atoms with Crippen LogP contribution in [0, 0.1) is 5.41 Å².